The van der Waals surface area contributed by atoms with E-state index in [2.05, 4.69) is 9.88 Å². The first-order valence-corrected chi connectivity index (χ1v) is 12.0. The number of aromatic nitrogens is 2. The maximum Gasteiger partial charge on any atom is 0.271 e. The molecule has 0 saturated carbocycles. The molecule has 0 atom stereocenters. The standard InChI is InChI=1S/C25H23N5O3S/c31-25(28-14-12-27(13-15-28)20-6-5-7-21(16-20)30(32)33)22-8-1-2-9-23(22)34-18-19-17-29-11-4-3-10-24(29)26-19/h1-11,16-17H,12-15,18H2. The van der Waals surface area contributed by atoms with E-state index in [0.717, 1.165) is 21.9 Å². The van der Waals surface area contributed by atoms with Gasteiger partial charge in [0.2, 0.25) is 0 Å². The Kier molecular flexibility index (Phi) is 6.18. The SMILES string of the molecule is O=C(c1ccccc1SCc1cn2ccccc2n1)N1CCN(c2cccc([N+](=O)[O-])c2)CC1. The average Bonchev–Trinajstić information content (AvgIpc) is 3.30. The third-order valence-electron chi connectivity index (χ3n) is 5.88. The van der Waals surface area contributed by atoms with Gasteiger partial charge in [-0.25, -0.2) is 4.98 Å². The van der Waals surface area contributed by atoms with E-state index in [-0.39, 0.29) is 16.5 Å². The number of imidazole rings is 1. The minimum Gasteiger partial charge on any atom is -0.368 e. The van der Waals surface area contributed by atoms with Gasteiger partial charge in [0.1, 0.15) is 5.65 Å². The van der Waals surface area contributed by atoms with E-state index in [1.54, 1.807) is 23.9 Å². The fraction of sp³-hybridized carbons (Fsp3) is 0.200. The summed E-state index contributed by atoms with van der Waals surface area (Å²) in [6.45, 7) is 2.38. The number of non-ortho nitro benzene ring substituents is 1. The first-order valence-electron chi connectivity index (χ1n) is 11.0. The monoisotopic (exact) mass is 473 g/mol. The smallest absolute Gasteiger partial charge is 0.271 e. The van der Waals surface area contributed by atoms with Gasteiger partial charge in [0.25, 0.3) is 11.6 Å². The van der Waals surface area contributed by atoms with E-state index in [9.17, 15) is 14.9 Å². The average molecular weight is 474 g/mol. The van der Waals surface area contributed by atoms with E-state index in [0.29, 0.717) is 37.5 Å². The van der Waals surface area contributed by atoms with Gasteiger partial charge in [0.15, 0.2) is 0 Å². The van der Waals surface area contributed by atoms with Crippen LogP contribution in [0.2, 0.25) is 0 Å². The van der Waals surface area contributed by atoms with Gasteiger partial charge >= 0.3 is 0 Å². The van der Waals surface area contributed by atoms with Crippen molar-refractivity contribution in [3.05, 3.63) is 100 Å². The summed E-state index contributed by atoms with van der Waals surface area (Å²) in [7, 11) is 0. The van der Waals surface area contributed by atoms with Crippen LogP contribution in [0.15, 0.2) is 84.0 Å². The Balaban J connectivity index is 1.25. The Morgan fingerprint density at radius 1 is 1.00 bits per heavy atom. The van der Waals surface area contributed by atoms with Gasteiger partial charge in [0.05, 0.1) is 16.2 Å². The lowest BCUT2D eigenvalue weighted by atomic mass is 10.1. The van der Waals surface area contributed by atoms with Gasteiger partial charge in [-0.05, 0) is 30.3 Å². The molecule has 9 heteroatoms. The molecule has 2 aromatic heterocycles. The largest absolute Gasteiger partial charge is 0.368 e. The van der Waals surface area contributed by atoms with Crippen molar-refractivity contribution < 1.29 is 9.72 Å². The number of nitro groups is 1. The third-order valence-corrected chi connectivity index (χ3v) is 6.99. The zero-order chi connectivity index (χ0) is 23.5. The summed E-state index contributed by atoms with van der Waals surface area (Å²) in [4.78, 5) is 33.6. The lowest BCUT2D eigenvalue weighted by molar-refractivity contribution is -0.384. The number of carbonyl (C=O) groups is 1. The zero-order valence-electron chi connectivity index (χ0n) is 18.4. The summed E-state index contributed by atoms with van der Waals surface area (Å²) in [5.41, 5.74) is 3.45. The number of carbonyl (C=O) groups excluding carboxylic acids is 1. The van der Waals surface area contributed by atoms with Crippen molar-refractivity contribution in [1.82, 2.24) is 14.3 Å². The van der Waals surface area contributed by atoms with E-state index >= 15 is 0 Å². The quantitative estimate of drug-likeness (QED) is 0.233. The molecule has 172 valence electrons. The predicted molar refractivity (Wildman–Crippen MR) is 132 cm³/mol. The normalized spacial score (nSPS) is 13.9. The second-order valence-corrected chi connectivity index (χ2v) is 9.06. The number of hydrogen-bond acceptors (Lipinski definition) is 6. The fourth-order valence-electron chi connectivity index (χ4n) is 4.12. The number of thioether (sulfide) groups is 1. The Hall–Kier alpha value is -3.85. The van der Waals surface area contributed by atoms with Gasteiger partial charge < -0.3 is 14.2 Å². The van der Waals surface area contributed by atoms with Crippen LogP contribution in [0, 0.1) is 10.1 Å². The summed E-state index contributed by atoms with van der Waals surface area (Å²) < 4.78 is 1.99. The summed E-state index contributed by atoms with van der Waals surface area (Å²) >= 11 is 1.61. The topological polar surface area (TPSA) is 84.0 Å². The van der Waals surface area contributed by atoms with Crippen LogP contribution < -0.4 is 4.90 Å². The van der Waals surface area contributed by atoms with Gasteiger partial charge in [-0.15, -0.1) is 11.8 Å². The Morgan fingerprint density at radius 2 is 1.79 bits per heavy atom. The van der Waals surface area contributed by atoms with Crippen molar-refractivity contribution in [3.63, 3.8) is 0 Å². The van der Waals surface area contributed by atoms with Gasteiger partial charge in [-0.3, -0.25) is 14.9 Å². The number of nitro benzene ring substituents is 1. The number of fused-ring (bicyclic) bond motifs is 1. The highest BCUT2D eigenvalue weighted by atomic mass is 32.2. The Morgan fingerprint density at radius 3 is 2.59 bits per heavy atom. The highest BCUT2D eigenvalue weighted by Gasteiger charge is 2.24. The number of amides is 1. The van der Waals surface area contributed by atoms with Gasteiger partial charge in [-0.2, -0.15) is 0 Å². The highest BCUT2D eigenvalue weighted by Crippen LogP contribution is 2.28. The van der Waals surface area contributed by atoms with Crippen LogP contribution in [0.1, 0.15) is 16.1 Å². The number of benzene rings is 2. The van der Waals surface area contributed by atoms with Crippen LogP contribution >= 0.6 is 11.8 Å². The summed E-state index contributed by atoms with van der Waals surface area (Å²) in [5, 5.41) is 11.1. The van der Waals surface area contributed by atoms with Crippen molar-refractivity contribution in [2.45, 2.75) is 10.6 Å². The molecule has 3 heterocycles. The molecule has 34 heavy (non-hydrogen) atoms. The molecule has 1 fully saturated rings. The molecule has 1 saturated heterocycles. The van der Waals surface area contributed by atoms with Crippen molar-refractivity contribution >= 4 is 34.7 Å². The first-order chi connectivity index (χ1) is 16.6. The number of pyridine rings is 1. The van der Waals surface area contributed by atoms with E-state index in [1.165, 1.54) is 6.07 Å². The van der Waals surface area contributed by atoms with Crippen molar-refractivity contribution in [2.75, 3.05) is 31.1 Å². The van der Waals surface area contributed by atoms with Crippen LogP contribution in [0.3, 0.4) is 0 Å². The van der Waals surface area contributed by atoms with E-state index in [1.807, 2.05) is 70.2 Å². The summed E-state index contributed by atoms with van der Waals surface area (Å²) in [5.74, 6) is 0.684. The number of nitrogens with zero attached hydrogens (tertiary/aromatic N) is 5. The van der Waals surface area contributed by atoms with Crippen LogP contribution in [0.4, 0.5) is 11.4 Å². The molecule has 5 rings (SSSR count). The maximum absolute atomic E-state index is 13.3. The van der Waals surface area contributed by atoms with Crippen molar-refractivity contribution in [1.29, 1.82) is 0 Å². The molecule has 1 amide bonds. The maximum atomic E-state index is 13.3. The highest BCUT2D eigenvalue weighted by molar-refractivity contribution is 7.98. The van der Waals surface area contributed by atoms with Crippen LogP contribution in [0.5, 0.6) is 0 Å². The molecule has 0 spiro atoms. The van der Waals surface area contributed by atoms with Gasteiger partial charge in [0, 0.05) is 67.0 Å². The summed E-state index contributed by atoms with van der Waals surface area (Å²) in [6, 6.07) is 20.2. The lowest BCUT2D eigenvalue weighted by Crippen LogP contribution is -2.48. The van der Waals surface area contributed by atoms with E-state index in [4.69, 9.17) is 0 Å². The minimum absolute atomic E-state index is 0.0109. The second kappa shape index (κ2) is 9.56. The number of hydrogen-bond donors (Lipinski definition) is 0. The second-order valence-electron chi connectivity index (χ2n) is 8.04. The Bertz CT molecular complexity index is 1310. The van der Waals surface area contributed by atoms with Crippen LogP contribution in [-0.4, -0.2) is 51.3 Å². The number of anilines is 1. The summed E-state index contributed by atoms with van der Waals surface area (Å²) in [6.07, 6.45) is 3.99. The number of piperazine rings is 1. The molecular weight excluding hydrogens is 450 g/mol. The first kappa shape index (κ1) is 22.0. The molecule has 1 aliphatic rings. The lowest BCUT2D eigenvalue weighted by Gasteiger charge is -2.36. The molecule has 4 aromatic rings. The molecule has 0 unspecified atom stereocenters. The Labute approximate surface area is 201 Å². The van der Waals surface area contributed by atoms with Crippen LogP contribution in [-0.2, 0) is 5.75 Å². The molecular formula is C25H23N5O3S. The molecule has 0 aliphatic carbocycles. The molecule has 0 bridgehead atoms. The number of rotatable bonds is 6. The fourth-order valence-corrected chi connectivity index (χ4v) is 5.05. The van der Waals surface area contributed by atoms with Crippen LogP contribution in [0.25, 0.3) is 5.65 Å². The van der Waals surface area contributed by atoms with E-state index < -0.39 is 0 Å². The zero-order valence-corrected chi connectivity index (χ0v) is 19.2. The molecule has 0 radical (unpaired) electrons. The molecule has 0 N–H and O–H groups in total. The third kappa shape index (κ3) is 4.60. The van der Waals surface area contributed by atoms with Crippen molar-refractivity contribution in [2.24, 2.45) is 0 Å². The molecule has 2 aromatic carbocycles. The minimum atomic E-state index is -0.385. The predicted octanol–water partition coefficient (Wildman–Crippen LogP) is 4.50. The van der Waals surface area contributed by atoms with Gasteiger partial charge in [-0.1, -0.05) is 24.3 Å². The molecule has 8 nitrogen and oxygen atoms in total. The molecule has 1 aliphatic heterocycles. The van der Waals surface area contributed by atoms with Crippen molar-refractivity contribution in [3.8, 4) is 0 Å².